The van der Waals surface area contributed by atoms with Gasteiger partial charge in [0.15, 0.2) is 0 Å². The average Bonchev–Trinajstić information content (AvgIpc) is 3.31. The Labute approximate surface area is 131 Å². The van der Waals surface area contributed by atoms with E-state index in [0.717, 1.165) is 23.0 Å². The summed E-state index contributed by atoms with van der Waals surface area (Å²) in [5.74, 6) is 0.804. The van der Waals surface area contributed by atoms with Crippen LogP contribution in [0.15, 0.2) is 34.3 Å². The predicted octanol–water partition coefficient (Wildman–Crippen LogP) is 5.16. The number of hydrogen-bond acceptors (Lipinski definition) is 1. The van der Waals surface area contributed by atoms with Crippen LogP contribution in [0.1, 0.15) is 50.5 Å². The molecule has 0 amide bonds. The molecule has 0 saturated heterocycles. The first-order chi connectivity index (χ1) is 9.81. The van der Waals surface area contributed by atoms with Crippen LogP contribution < -0.4 is 5.32 Å². The van der Waals surface area contributed by atoms with Crippen LogP contribution in [0.5, 0.6) is 0 Å². The minimum absolute atomic E-state index is 0.798. The number of nitrogens with one attached hydrogen (secondary N) is 1. The van der Waals surface area contributed by atoms with E-state index in [9.17, 15) is 0 Å². The zero-order valence-electron chi connectivity index (χ0n) is 12.1. The van der Waals surface area contributed by atoms with Crippen molar-refractivity contribution in [3.8, 4) is 0 Å². The summed E-state index contributed by atoms with van der Waals surface area (Å²) in [6, 6.07) is 9.50. The normalized spacial score (nSPS) is 21.1. The van der Waals surface area contributed by atoms with E-state index in [1.165, 1.54) is 50.5 Å². The lowest BCUT2D eigenvalue weighted by Gasteiger charge is -2.25. The summed E-state index contributed by atoms with van der Waals surface area (Å²) in [7, 11) is 0. The minimum atomic E-state index is 0.798. The van der Waals surface area contributed by atoms with Crippen LogP contribution in [0.4, 0.5) is 0 Å². The highest BCUT2D eigenvalue weighted by molar-refractivity contribution is 9.10. The van der Waals surface area contributed by atoms with Crippen molar-refractivity contribution in [1.29, 1.82) is 0 Å². The lowest BCUT2D eigenvalue weighted by atomic mass is 9.83. The Morgan fingerprint density at radius 2 is 1.75 bits per heavy atom. The van der Waals surface area contributed by atoms with Crippen LogP contribution in [0.3, 0.4) is 0 Å². The maximum absolute atomic E-state index is 3.71. The molecule has 0 aromatic heterocycles. The van der Waals surface area contributed by atoms with E-state index in [2.05, 4.69) is 51.6 Å². The molecular weight excluding hydrogens is 310 g/mol. The first-order valence-corrected chi connectivity index (χ1v) is 8.80. The molecule has 0 spiro atoms. The van der Waals surface area contributed by atoms with E-state index in [1.54, 1.807) is 5.57 Å². The fraction of sp³-hybridized carbons (Fsp3) is 0.556. The van der Waals surface area contributed by atoms with Crippen LogP contribution in [0.2, 0.25) is 0 Å². The highest BCUT2D eigenvalue weighted by Crippen LogP contribution is 2.31. The number of benzene rings is 1. The van der Waals surface area contributed by atoms with Gasteiger partial charge in [0.25, 0.3) is 0 Å². The van der Waals surface area contributed by atoms with Gasteiger partial charge in [0.05, 0.1) is 0 Å². The summed E-state index contributed by atoms with van der Waals surface area (Å²) >= 11 is 3.51. The summed E-state index contributed by atoms with van der Waals surface area (Å²) in [6.45, 7) is 1.09. The van der Waals surface area contributed by atoms with Crippen molar-refractivity contribution in [3.05, 3.63) is 39.9 Å². The first-order valence-electron chi connectivity index (χ1n) is 8.01. The van der Waals surface area contributed by atoms with Gasteiger partial charge in [-0.15, -0.1) is 0 Å². The summed E-state index contributed by atoms with van der Waals surface area (Å²) in [6.07, 6.45) is 12.2. The largest absolute Gasteiger partial charge is 0.310 e. The van der Waals surface area contributed by atoms with E-state index >= 15 is 0 Å². The molecular formula is C18H24BrN. The van der Waals surface area contributed by atoms with Gasteiger partial charge in [-0.3, -0.25) is 0 Å². The second-order valence-corrected chi connectivity index (χ2v) is 7.18. The molecule has 1 nitrogen and oxygen atoms in total. The Morgan fingerprint density at radius 3 is 2.40 bits per heavy atom. The predicted molar refractivity (Wildman–Crippen MR) is 89.7 cm³/mol. The number of hydrogen-bond donors (Lipinski definition) is 1. The van der Waals surface area contributed by atoms with Crippen molar-refractivity contribution in [2.75, 3.05) is 6.54 Å². The molecule has 0 heterocycles. The van der Waals surface area contributed by atoms with Crippen molar-refractivity contribution >= 4 is 22.0 Å². The summed E-state index contributed by atoms with van der Waals surface area (Å²) < 4.78 is 1.16. The zero-order chi connectivity index (χ0) is 13.8. The van der Waals surface area contributed by atoms with Gasteiger partial charge >= 0.3 is 0 Å². The van der Waals surface area contributed by atoms with Crippen molar-refractivity contribution in [2.45, 2.75) is 51.0 Å². The monoisotopic (exact) mass is 333 g/mol. The van der Waals surface area contributed by atoms with Gasteiger partial charge in [0.1, 0.15) is 0 Å². The SMILES string of the molecule is Brc1ccc(/C=C(/CNC2CC2)C2CCCCC2)cc1. The Balaban J connectivity index is 1.73. The second-order valence-electron chi connectivity index (χ2n) is 6.26. The van der Waals surface area contributed by atoms with E-state index < -0.39 is 0 Å². The third-order valence-corrected chi connectivity index (χ3v) is 5.05. The fourth-order valence-corrected chi connectivity index (χ4v) is 3.37. The molecule has 1 N–H and O–H groups in total. The quantitative estimate of drug-likeness (QED) is 0.784. The van der Waals surface area contributed by atoms with Crippen molar-refractivity contribution < 1.29 is 0 Å². The van der Waals surface area contributed by atoms with Gasteiger partial charge in [-0.25, -0.2) is 0 Å². The van der Waals surface area contributed by atoms with Crippen LogP contribution in [0.25, 0.3) is 6.08 Å². The van der Waals surface area contributed by atoms with Gasteiger partial charge in [0, 0.05) is 17.1 Å². The second kappa shape index (κ2) is 6.91. The molecule has 0 unspecified atom stereocenters. The van der Waals surface area contributed by atoms with Gasteiger partial charge in [-0.1, -0.05) is 59.0 Å². The van der Waals surface area contributed by atoms with E-state index in [-0.39, 0.29) is 0 Å². The van der Waals surface area contributed by atoms with Crippen molar-refractivity contribution in [1.82, 2.24) is 5.32 Å². The number of rotatable bonds is 5. The van der Waals surface area contributed by atoms with Crippen LogP contribution in [-0.4, -0.2) is 12.6 Å². The van der Waals surface area contributed by atoms with E-state index in [1.807, 2.05) is 0 Å². The molecule has 2 aliphatic rings. The van der Waals surface area contributed by atoms with E-state index in [4.69, 9.17) is 0 Å². The topological polar surface area (TPSA) is 12.0 Å². The molecule has 2 fully saturated rings. The molecule has 1 aromatic carbocycles. The van der Waals surface area contributed by atoms with Crippen LogP contribution in [-0.2, 0) is 0 Å². The molecule has 2 heteroatoms. The van der Waals surface area contributed by atoms with Gasteiger partial charge in [-0.2, -0.15) is 0 Å². The van der Waals surface area contributed by atoms with Gasteiger partial charge in [0.2, 0.25) is 0 Å². The molecule has 20 heavy (non-hydrogen) atoms. The Bertz CT molecular complexity index is 453. The Morgan fingerprint density at radius 1 is 1.05 bits per heavy atom. The lowest BCUT2D eigenvalue weighted by Crippen LogP contribution is -2.23. The zero-order valence-corrected chi connectivity index (χ0v) is 13.7. The minimum Gasteiger partial charge on any atom is -0.310 e. The molecule has 2 aliphatic carbocycles. The fourth-order valence-electron chi connectivity index (χ4n) is 3.11. The van der Waals surface area contributed by atoms with Gasteiger partial charge in [-0.05, 0) is 49.3 Å². The molecule has 3 rings (SSSR count). The molecule has 1 aromatic rings. The maximum Gasteiger partial charge on any atom is 0.0175 e. The summed E-state index contributed by atoms with van der Waals surface area (Å²) in [5, 5.41) is 3.71. The molecule has 0 bridgehead atoms. The maximum atomic E-state index is 3.71. The highest BCUT2D eigenvalue weighted by atomic mass is 79.9. The standard InChI is InChI=1S/C18H24BrN/c19-17-8-6-14(7-9-17)12-16(13-20-18-10-11-18)15-4-2-1-3-5-15/h6-9,12,15,18,20H,1-5,10-11,13H2/b16-12-. The third kappa shape index (κ3) is 4.20. The van der Waals surface area contributed by atoms with Crippen molar-refractivity contribution in [3.63, 3.8) is 0 Å². The highest BCUT2D eigenvalue weighted by Gasteiger charge is 2.23. The van der Waals surface area contributed by atoms with Crippen LogP contribution in [0, 0.1) is 5.92 Å². The molecule has 0 atom stereocenters. The van der Waals surface area contributed by atoms with Crippen LogP contribution >= 0.6 is 15.9 Å². The average molecular weight is 334 g/mol. The third-order valence-electron chi connectivity index (χ3n) is 4.52. The first kappa shape index (κ1) is 14.3. The molecule has 0 aliphatic heterocycles. The molecule has 2 saturated carbocycles. The summed E-state index contributed by atoms with van der Waals surface area (Å²) in [5.41, 5.74) is 2.96. The molecule has 108 valence electrons. The Hall–Kier alpha value is -0.600. The van der Waals surface area contributed by atoms with Crippen molar-refractivity contribution in [2.24, 2.45) is 5.92 Å². The summed E-state index contributed by atoms with van der Waals surface area (Å²) in [4.78, 5) is 0. The Kier molecular flexibility index (Phi) is 4.95. The van der Waals surface area contributed by atoms with Gasteiger partial charge < -0.3 is 5.32 Å². The van der Waals surface area contributed by atoms with E-state index in [0.29, 0.717) is 0 Å². The number of halogens is 1. The molecule has 0 radical (unpaired) electrons. The lowest BCUT2D eigenvalue weighted by molar-refractivity contribution is 0.396. The smallest absolute Gasteiger partial charge is 0.0175 e.